The summed E-state index contributed by atoms with van der Waals surface area (Å²) in [5.41, 5.74) is 2.85. The van der Waals surface area contributed by atoms with Crippen LogP contribution in [-0.2, 0) is 15.5 Å². The Kier molecular flexibility index (Phi) is 8.05. The standard InChI is InChI=1S/C21H21F2N3O3.C5H11NOS/c1-21(2)10-15(6-7-28-21)26-17-8-13(12-27)11-24-19(17)18(25-26)14-4-3-5-16(9-14)29-20(22)23;1-5(6-2)3-8(7)4-5/h3-5,8-9,11-12,15,20H,6-7,10H2,1-2H3;6H,3-4H2,1-2H3. The summed E-state index contributed by atoms with van der Waals surface area (Å²) in [4.78, 5) is 15.7. The Balaban J connectivity index is 0.000000342. The lowest BCUT2D eigenvalue weighted by atomic mass is 9.94. The van der Waals surface area contributed by atoms with Crippen molar-refractivity contribution in [2.75, 3.05) is 25.2 Å². The van der Waals surface area contributed by atoms with E-state index in [9.17, 15) is 17.8 Å². The van der Waals surface area contributed by atoms with Crippen molar-refractivity contribution in [2.45, 2.75) is 57.4 Å². The van der Waals surface area contributed by atoms with Crippen LogP contribution in [0.25, 0.3) is 22.3 Å². The number of pyridine rings is 1. The molecule has 1 N–H and O–H groups in total. The fraction of sp³-hybridized carbons (Fsp3) is 0.500. The first-order chi connectivity index (χ1) is 17.5. The maximum absolute atomic E-state index is 12.6. The molecule has 2 aliphatic rings. The number of fused-ring (bicyclic) bond motifs is 1. The van der Waals surface area contributed by atoms with Crippen LogP contribution in [0.2, 0.25) is 0 Å². The van der Waals surface area contributed by atoms with Gasteiger partial charge in [0.2, 0.25) is 0 Å². The molecule has 2 fully saturated rings. The van der Waals surface area contributed by atoms with Gasteiger partial charge in [-0.05, 0) is 58.9 Å². The zero-order valence-electron chi connectivity index (χ0n) is 21.4. The second-order valence-electron chi connectivity index (χ2n) is 10.2. The minimum absolute atomic E-state index is 0.0527. The molecule has 8 nitrogen and oxygen atoms in total. The number of carbonyl (C=O) groups is 1. The van der Waals surface area contributed by atoms with E-state index in [0.29, 0.717) is 28.9 Å². The van der Waals surface area contributed by atoms with E-state index in [-0.39, 0.29) is 22.9 Å². The van der Waals surface area contributed by atoms with Crippen LogP contribution in [-0.4, -0.2) is 68.2 Å². The van der Waals surface area contributed by atoms with Gasteiger partial charge in [-0.25, -0.2) is 0 Å². The zero-order valence-corrected chi connectivity index (χ0v) is 22.2. The van der Waals surface area contributed by atoms with Crippen LogP contribution in [0.1, 0.15) is 50.0 Å². The van der Waals surface area contributed by atoms with Crippen LogP contribution in [0.15, 0.2) is 36.5 Å². The summed E-state index contributed by atoms with van der Waals surface area (Å²) in [5, 5.41) is 7.90. The lowest BCUT2D eigenvalue weighted by Gasteiger charge is -2.36. The number of ether oxygens (including phenoxy) is 2. The molecule has 5 rings (SSSR count). The smallest absolute Gasteiger partial charge is 0.387 e. The number of hydrogen-bond donors (Lipinski definition) is 1. The molecule has 3 aromatic rings. The van der Waals surface area contributed by atoms with Crippen LogP contribution in [0, 0.1) is 0 Å². The molecule has 1 atom stereocenters. The number of aromatic nitrogens is 3. The summed E-state index contributed by atoms with van der Waals surface area (Å²) < 4.78 is 48.0. The first-order valence-corrected chi connectivity index (χ1v) is 13.6. The quantitative estimate of drug-likeness (QED) is 0.469. The molecule has 37 heavy (non-hydrogen) atoms. The number of carbonyl (C=O) groups excluding carboxylic acids is 1. The molecule has 200 valence electrons. The number of nitrogens with one attached hydrogen (secondary N) is 1. The summed E-state index contributed by atoms with van der Waals surface area (Å²) in [5.74, 6) is 1.70. The van der Waals surface area contributed by atoms with Gasteiger partial charge in [-0.1, -0.05) is 12.1 Å². The van der Waals surface area contributed by atoms with Crippen molar-refractivity contribution in [1.29, 1.82) is 0 Å². The van der Waals surface area contributed by atoms with Crippen molar-refractivity contribution in [3.63, 3.8) is 0 Å². The summed E-state index contributed by atoms with van der Waals surface area (Å²) in [6.07, 6.45) is 3.76. The van der Waals surface area contributed by atoms with Gasteiger partial charge in [0.1, 0.15) is 17.0 Å². The lowest BCUT2D eigenvalue weighted by Crippen LogP contribution is -2.58. The minimum Gasteiger partial charge on any atom is -0.435 e. The summed E-state index contributed by atoms with van der Waals surface area (Å²) >= 11 is 0. The van der Waals surface area contributed by atoms with Crippen LogP contribution in [0.4, 0.5) is 8.78 Å². The molecule has 0 bridgehead atoms. The maximum Gasteiger partial charge on any atom is 0.387 e. The highest BCUT2D eigenvalue weighted by atomic mass is 32.2. The predicted molar refractivity (Wildman–Crippen MR) is 139 cm³/mol. The molecule has 2 aliphatic heterocycles. The van der Waals surface area contributed by atoms with Crippen molar-refractivity contribution < 1.29 is 27.3 Å². The van der Waals surface area contributed by atoms with Gasteiger partial charge in [0.25, 0.3) is 0 Å². The Morgan fingerprint density at radius 2 is 2.03 bits per heavy atom. The molecule has 0 amide bonds. The Morgan fingerprint density at radius 3 is 2.62 bits per heavy atom. The molecule has 0 spiro atoms. The number of hydrogen-bond acceptors (Lipinski definition) is 7. The van der Waals surface area contributed by atoms with E-state index in [4.69, 9.17) is 9.84 Å². The second kappa shape index (κ2) is 10.9. The van der Waals surface area contributed by atoms with E-state index >= 15 is 0 Å². The number of nitrogens with zero attached hydrogens (tertiary/aromatic N) is 3. The van der Waals surface area contributed by atoms with Gasteiger partial charge < -0.3 is 14.8 Å². The number of benzene rings is 1. The normalized spacial score (nSPS) is 24.7. The van der Waals surface area contributed by atoms with Crippen LogP contribution in [0.5, 0.6) is 5.75 Å². The third-order valence-electron chi connectivity index (χ3n) is 6.62. The van der Waals surface area contributed by atoms with E-state index in [1.165, 1.54) is 18.3 Å². The lowest BCUT2D eigenvalue weighted by molar-refractivity contribution is -0.0701. The molecule has 0 saturated carbocycles. The minimum atomic E-state index is -2.91. The molecule has 1 aromatic carbocycles. The summed E-state index contributed by atoms with van der Waals surface area (Å²) in [7, 11) is 1.39. The van der Waals surface area contributed by atoms with E-state index in [1.807, 2.05) is 25.6 Å². The molecule has 2 aromatic heterocycles. The van der Waals surface area contributed by atoms with Crippen molar-refractivity contribution in [1.82, 2.24) is 20.1 Å². The summed E-state index contributed by atoms with van der Waals surface area (Å²) in [6.45, 7) is 3.86. The van der Waals surface area contributed by atoms with Crippen molar-refractivity contribution >= 4 is 28.1 Å². The SMILES string of the molecule is CC1(C)CC(n2nc(-c3cccc(OC(F)F)c3)c3ncc(C=O)cc32)CCO1.CNC1(C)CS(=O)C1. The van der Waals surface area contributed by atoms with E-state index in [2.05, 4.69) is 22.0 Å². The Morgan fingerprint density at radius 1 is 1.27 bits per heavy atom. The molecule has 4 heterocycles. The van der Waals surface area contributed by atoms with Gasteiger partial charge in [-0.2, -0.15) is 13.9 Å². The fourth-order valence-corrected chi connectivity index (χ4v) is 6.24. The molecular formula is C26H32F2N4O4S. The van der Waals surface area contributed by atoms with E-state index < -0.39 is 17.4 Å². The van der Waals surface area contributed by atoms with E-state index in [1.54, 1.807) is 18.2 Å². The Labute approximate surface area is 217 Å². The van der Waals surface area contributed by atoms with Crippen LogP contribution < -0.4 is 10.1 Å². The molecule has 0 radical (unpaired) electrons. The van der Waals surface area contributed by atoms with Gasteiger partial charge in [0.05, 0.1) is 17.2 Å². The maximum atomic E-state index is 12.6. The third-order valence-corrected chi connectivity index (χ3v) is 8.53. The summed E-state index contributed by atoms with van der Waals surface area (Å²) in [6, 6.07) is 8.21. The largest absolute Gasteiger partial charge is 0.435 e. The number of rotatable bonds is 6. The second-order valence-corrected chi connectivity index (χ2v) is 11.7. The number of alkyl halides is 2. The highest BCUT2D eigenvalue weighted by Crippen LogP contribution is 2.37. The van der Waals surface area contributed by atoms with Crippen molar-refractivity contribution in [2.24, 2.45) is 0 Å². The molecule has 11 heteroatoms. The van der Waals surface area contributed by atoms with Crippen molar-refractivity contribution in [3.05, 3.63) is 42.1 Å². The Bertz CT molecular complexity index is 1290. The number of aldehydes is 1. The highest BCUT2D eigenvalue weighted by molar-refractivity contribution is 7.86. The van der Waals surface area contributed by atoms with Gasteiger partial charge in [0, 0.05) is 51.8 Å². The molecule has 1 unspecified atom stereocenters. The zero-order chi connectivity index (χ0) is 26.8. The monoisotopic (exact) mass is 534 g/mol. The topological polar surface area (TPSA) is 95.3 Å². The fourth-order valence-electron chi connectivity index (χ4n) is 4.61. The Hall–Kier alpha value is -2.76. The molecule has 0 aliphatic carbocycles. The van der Waals surface area contributed by atoms with E-state index in [0.717, 1.165) is 36.2 Å². The third kappa shape index (κ3) is 6.39. The molecular weight excluding hydrogens is 502 g/mol. The van der Waals surface area contributed by atoms with Crippen LogP contribution >= 0.6 is 0 Å². The average molecular weight is 535 g/mol. The van der Waals surface area contributed by atoms with Gasteiger partial charge >= 0.3 is 6.61 Å². The van der Waals surface area contributed by atoms with Crippen LogP contribution in [0.3, 0.4) is 0 Å². The number of halogens is 2. The van der Waals surface area contributed by atoms with Crippen molar-refractivity contribution in [3.8, 4) is 17.0 Å². The first-order valence-electron chi connectivity index (χ1n) is 12.1. The molecule has 2 saturated heterocycles. The van der Waals surface area contributed by atoms with Gasteiger partial charge in [-0.15, -0.1) is 0 Å². The highest BCUT2D eigenvalue weighted by Gasteiger charge is 2.36. The average Bonchev–Trinajstić information content (AvgIpc) is 3.21. The predicted octanol–water partition coefficient (Wildman–Crippen LogP) is 4.37. The van der Waals surface area contributed by atoms with Gasteiger partial charge in [-0.3, -0.25) is 18.7 Å². The first kappa shape index (κ1) is 27.3. The van der Waals surface area contributed by atoms with Gasteiger partial charge in [0.15, 0.2) is 6.29 Å².